The van der Waals surface area contributed by atoms with Crippen LogP contribution in [0.15, 0.2) is 47.1 Å². The van der Waals surface area contributed by atoms with Crippen LogP contribution in [0.2, 0.25) is 0 Å². The Kier molecular flexibility index (Phi) is 6.11. The molecule has 1 saturated carbocycles. The molecule has 35 heavy (non-hydrogen) atoms. The Morgan fingerprint density at radius 3 is 2.66 bits per heavy atom. The molecule has 3 unspecified atom stereocenters. The summed E-state index contributed by atoms with van der Waals surface area (Å²) in [6.45, 7) is 8.77. The van der Waals surface area contributed by atoms with E-state index >= 15 is 0 Å². The van der Waals surface area contributed by atoms with Gasteiger partial charge in [0.05, 0.1) is 24.4 Å². The van der Waals surface area contributed by atoms with Gasteiger partial charge >= 0.3 is 0 Å². The standard InChI is InChI=1S/C28H35N3O4/c1-18(2)35-21-11-9-20(10-12-21)16-31-26(32)24-15-25-23(13-14-34-25)30(24)17-28(31,4)27(33)29-22-8-6-5-7-19(22)3/h9-15,18-19,22H,5-8,16-17H2,1-4H3,(H,29,33). The molecule has 3 atom stereocenters. The number of aromatic nitrogens is 1. The molecule has 0 saturated heterocycles. The van der Waals surface area contributed by atoms with Crippen LogP contribution in [0.3, 0.4) is 0 Å². The van der Waals surface area contributed by atoms with E-state index in [4.69, 9.17) is 9.15 Å². The molecule has 2 amide bonds. The summed E-state index contributed by atoms with van der Waals surface area (Å²) < 4.78 is 13.3. The van der Waals surface area contributed by atoms with Crippen molar-refractivity contribution in [2.24, 2.45) is 5.92 Å². The Morgan fingerprint density at radius 2 is 1.94 bits per heavy atom. The first-order valence-electron chi connectivity index (χ1n) is 12.7. The third kappa shape index (κ3) is 4.32. The van der Waals surface area contributed by atoms with E-state index < -0.39 is 5.54 Å². The molecule has 186 valence electrons. The van der Waals surface area contributed by atoms with Crippen molar-refractivity contribution in [1.82, 2.24) is 14.8 Å². The quantitative estimate of drug-likeness (QED) is 0.534. The van der Waals surface area contributed by atoms with Crippen LogP contribution in [0.5, 0.6) is 5.75 Å². The average Bonchev–Trinajstić information content (AvgIpc) is 3.41. The lowest BCUT2D eigenvalue weighted by molar-refractivity contribution is -0.134. The number of furan rings is 1. The van der Waals surface area contributed by atoms with E-state index in [-0.39, 0.29) is 24.0 Å². The number of carbonyl (C=O) groups excluding carboxylic acids is 2. The number of hydrogen-bond donors (Lipinski definition) is 1. The van der Waals surface area contributed by atoms with E-state index in [0.29, 0.717) is 30.3 Å². The minimum Gasteiger partial charge on any atom is -0.491 e. The van der Waals surface area contributed by atoms with Crippen LogP contribution in [0.1, 0.15) is 69.4 Å². The maximum absolute atomic E-state index is 13.9. The van der Waals surface area contributed by atoms with E-state index in [1.165, 1.54) is 6.42 Å². The molecule has 0 bridgehead atoms. The summed E-state index contributed by atoms with van der Waals surface area (Å²) in [5, 5.41) is 3.32. The summed E-state index contributed by atoms with van der Waals surface area (Å²) in [6, 6.07) is 11.5. The smallest absolute Gasteiger partial charge is 0.271 e. The predicted molar refractivity (Wildman–Crippen MR) is 134 cm³/mol. The fraction of sp³-hybridized carbons (Fsp3) is 0.500. The lowest BCUT2D eigenvalue weighted by Crippen LogP contribution is -2.65. The summed E-state index contributed by atoms with van der Waals surface area (Å²) in [7, 11) is 0. The number of amides is 2. The first kappa shape index (κ1) is 23.5. The molecule has 1 aliphatic carbocycles. The lowest BCUT2D eigenvalue weighted by atomic mass is 9.85. The van der Waals surface area contributed by atoms with Gasteiger partial charge in [-0.3, -0.25) is 9.59 Å². The molecule has 3 heterocycles. The van der Waals surface area contributed by atoms with Gasteiger partial charge in [-0.2, -0.15) is 0 Å². The molecular formula is C28H35N3O4. The van der Waals surface area contributed by atoms with Gasteiger partial charge in [-0.15, -0.1) is 0 Å². The van der Waals surface area contributed by atoms with Crippen LogP contribution in [-0.4, -0.2) is 39.0 Å². The van der Waals surface area contributed by atoms with E-state index in [9.17, 15) is 9.59 Å². The van der Waals surface area contributed by atoms with Gasteiger partial charge in [-0.05, 0) is 57.2 Å². The Bertz CT molecular complexity index is 1220. The minimum absolute atomic E-state index is 0.0877. The second kappa shape index (κ2) is 9.10. The third-order valence-corrected chi connectivity index (χ3v) is 7.60. The summed E-state index contributed by atoms with van der Waals surface area (Å²) in [4.78, 5) is 29.5. The highest BCUT2D eigenvalue weighted by molar-refractivity contribution is 6.02. The molecule has 3 aromatic rings. The number of carbonyl (C=O) groups is 2. The van der Waals surface area contributed by atoms with Gasteiger partial charge in [-0.25, -0.2) is 0 Å². The van der Waals surface area contributed by atoms with Gasteiger partial charge in [-0.1, -0.05) is 31.9 Å². The van der Waals surface area contributed by atoms with Crippen molar-refractivity contribution < 1.29 is 18.7 Å². The van der Waals surface area contributed by atoms with Crippen molar-refractivity contribution in [2.45, 2.75) is 84.2 Å². The van der Waals surface area contributed by atoms with E-state index in [1.807, 2.05) is 55.7 Å². The monoisotopic (exact) mass is 477 g/mol. The molecule has 0 radical (unpaired) electrons. The fourth-order valence-corrected chi connectivity index (χ4v) is 5.50. The van der Waals surface area contributed by atoms with E-state index in [0.717, 1.165) is 36.1 Å². The number of nitrogens with one attached hydrogen (secondary N) is 1. The van der Waals surface area contributed by atoms with Crippen molar-refractivity contribution in [3.8, 4) is 5.75 Å². The number of ether oxygens (including phenoxy) is 1. The SMILES string of the molecule is CC(C)Oc1ccc(CN2C(=O)c3cc4occc4n3CC2(C)C(=O)NC2CCCCC2C)cc1. The Balaban J connectivity index is 1.48. The van der Waals surface area contributed by atoms with Gasteiger partial charge < -0.3 is 23.9 Å². The zero-order chi connectivity index (χ0) is 24.7. The number of rotatable bonds is 6. The summed E-state index contributed by atoms with van der Waals surface area (Å²) >= 11 is 0. The topological polar surface area (TPSA) is 76.7 Å². The highest BCUT2D eigenvalue weighted by atomic mass is 16.5. The zero-order valence-corrected chi connectivity index (χ0v) is 21.0. The maximum Gasteiger partial charge on any atom is 0.271 e. The fourth-order valence-electron chi connectivity index (χ4n) is 5.50. The minimum atomic E-state index is -1.04. The van der Waals surface area contributed by atoms with Crippen LogP contribution in [0, 0.1) is 5.92 Å². The number of nitrogens with zero attached hydrogens (tertiary/aromatic N) is 2. The van der Waals surface area contributed by atoms with Gasteiger partial charge in [0, 0.05) is 24.7 Å². The Morgan fingerprint density at radius 1 is 1.20 bits per heavy atom. The maximum atomic E-state index is 13.9. The van der Waals surface area contributed by atoms with Crippen molar-refractivity contribution in [3.05, 3.63) is 53.9 Å². The van der Waals surface area contributed by atoms with Gasteiger partial charge in [0.25, 0.3) is 5.91 Å². The summed E-state index contributed by atoms with van der Waals surface area (Å²) in [5.41, 5.74) is 1.96. The molecule has 7 nitrogen and oxygen atoms in total. The number of hydrogen-bond acceptors (Lipinski definition) is 4. The van der Waals surface area contributed by atoms with Gasteiger partial charge in [0.1, 0.15) is 17.0 Å². The molecule has 1 N–H and O–H groups in total. The Labute approximate surface area is 206 Å². The molecule has 1 fully saturated rings. The number of fused-ring (bicyclic) bond motifs is 3. The molecule has 1 aliphatic heterocycles. The summed E-state index contributed by atoms with van der Waals surface area (Å²) in [5.74, 6) is 0.954. The van der Waals surface area contributed by atoms with Crippen LogP contribution >= 0.6 is 0 Å². The second-order valence-electron chi connectivity index (χ2n) is 10.6. The lowest BCUT2D eigenvalue weighted by Gasteiger charge is -2.45. The molecule has 1 aromatic carbocycles. The van der Waals surface area contributed by atoms with Crippen LogP contribution < -0.4 is 10.1 Å². The zero-order valence-electron chi connectivity index (χ0n) is 21.0. The van der Waals surface area contributed by atoms with E-state index in [1.54, 1.807) is 17.2 Å². The van der Waals surface area contributed by atoms with Crippen LogP contribution in [0.4, 0.5) is 0 Å². The molecular weight excluding hydrogens is 442 g/mol. The van der Waals surface area contributed by atoms with Crippen molar-refractivity contribution in [2.75, 3.05) is 0 Å². The first-order valence-corrected chi connectivity index (χ1v) is 12.7. The molecule has 2 aliphatic rings. The summed E-state index contributed by atoms with van der Waals surface area (Å²) in [6.07, 6.45) is 6.14. The van der Waals surface area contributed by atoms with E-state index in [2.05, 4.69) is 12.2 Å². The van der Waals surface area contributed by atoms with Crippen molar-refractivity contribution >= 4 is 22.9 Å². The van der Waals surface area contributed by atoms with Crippen LogP contribution in [0.25, 0.3) is 11.1 Å². The largest absolute Gasteiger partial charge is 0.491 e. The van der Waals surface area contributed by atoms with Gasteiger partial charge in [0.15, 0.2) is 5.58 Å². The third-order valence-electron chi connectivity index (χ3n) is 7.60. The molecule has 5 rings (SSSR count). The molecule has 2 aromatic heterocycles. The molecule has 7 heteroatoms. The molecule has 0 spiro atoms. The number of benzene rings is 1. The Hall–Kier alpha value is -3.22. The average molecular weight is 478 g/mol. The van der Waals surface area contributed by atoms with Gasteiger partial charge in [0.2, 0.25) is 5.91 Å². The first-order chi connectivity index (χ1) is 16.8. The van der Waals surface area contributed by atoms with Crippen molar-refractivity contribution in [3.63, 3.8) is 0 Å². The second-order valence-corrected chi connectivity index (χ2v) is 10.6. The predicted octanol–water partition coefficient (Wildman–Crippen LogP) is 5.13. The van der Waals surface area contributed by atoms with Crippen LogP contribution in [-0.2, 0) is 17.9 Å². The van der Waals surface area contributed by atoms with Crippen molar-refractivity contribution in [1.29, 1.82) is 0 Å². The normalized spacial score (nSPS) is 24.6. The highest BCUT2D eigenvalue weighted by Crippen LogP contribution is 2.35. The highest BCUT2D eigenvalue weighted by Gasteiger charge is 2.48.